The van der Waals surface area contributed by atoms with E-state index in [4.69, 9.17) is 11.6 Å². The van der Waals surface area contributed by atoms with Crippen molar-refractivity contribution in [2.75, 3.05) is 5.88 Å². The Labute approximate surface area is 128 Å². The van der Waals surface area contributed by atoms with Gasteiger partial charge in [-0.3, -0.25) is 0 Å². The molecule has 0 aliphatic carbocycles. The minimum atomic E-state index is -4.57. The molecule has 0 aliphatic rings. The summed E-state index contributed by atoms with van der Waals surface area (Å²) in [5.74, 6) is 0.0104. The molecule has 0 bridgehead atoms. The lowest BCUT2D eigenvalue weighted by atomic mass is 10.1. The summed E-state index contributed by atoms with van der Waals surface area (Å²) in [7, 11) is -3.96. The van der Waals surface area contributed by atoms with Crippen molar-refractivity contribution in [2.24, 2.45) is 5.14 Å². The molecule has 0 saturated heterocycles. The van der Waals surface area contributed by atoms with Gasteiger partial charge >= 0.3 is 6.18 Å². The molecule has 1 aromatic rings. The second kappa shape index (κ2) is 9.27. The Hall–Kier alpha value is -0.790. The molecule has 0 fully saturated rings. The third-order valence-corrected chi connectivity index (χ3v) is 3.40. The van der Waals surface area contributed by atoms with Crippen molar-refractivity contribution in [1.82, 2.24) is 0 Å². The van der Waals surface area contributed by atoms with Crippen LogP contribution in [0.25, 0.3) is 0 Å². The van der Waals surface area contributed by atoms with E-state index in [2.05, 4.69) is 12.1 Å². The topological polar surface area (TPSA) is 60.2 Å². The lowest BCUT2D eigenvalue weighted by molar-refractivity contribution is -0.138. The van der Waals surface area contributed by atoms with E-state index in [1.165, 1.54) is 31.4 Å². The number of alkyl halides is 4. The lowest BCUT2D eigenvalue weighted by Gasteiger charge is -2.11. The molecule has 122 valence electrons. The van der Waals surface area contributed by atoms with Gasteiger partial charge in [-0.2, -0.15) is 13.2 Å². The van der Waals surface area contributed by atoms with Crippen LogP contribution in [0, 0.1) is 0 Å². The van der Waals surface area contributed by atoms with E-state index in [1.54, 1.807) is 0 Å². The summed E-state index contributed by atoms with van der Waals surface area (Å²) in [6.07, 6.45) is -0.838. The van der Waals surface area contributed by atoms with Gasteiger partial charge in [-0.05, 0) is 18.1 Å². The van der Waals surface area contributed by atoms with Gasteiger partial charge in [0.05, 0.1) is 11.3 Å². The summed E-state index contributed by atoms with van der Waals surface area (Å²) in [5, 5.41) is 4.68. The van der Waals surface area contributed by atoms with Gasteiger partial charge < -0.3 is 0 Å². The Morgan fingerprint density at radius 2 is 1.76 bits per heavy atom. The molecule has 2 N–H and O–H groups in total. The molecule has 0 spiro atoms. The normalized spacial score (nSPS) is 11.7. The molecule has 0 heterocycles. The van der Waals surface area contributed by atoms with Crippen molar-refractivity contribution in [3.63, 3.8) is 0 Å². The summed E-state index contributed by atoms with van der Waals surface area (Å²) < 4.78 is 58.5. The summed E-state index contributed by atoms with van der Waals surface area (Å²) >= 11 is 5.38. The highest BCUT2D eigenvalue weighted by Gasteiger charge is 2.33. The van der Waals surface area contributed by atoms with Crippen LogP contribution in [0.15, 0.2) is 24.3 Å². The average molecular weight is 346 g/mol. The SMILES string of the molecule is CCCCCCl.NS(=O)(=O)Cc1ccccc1C(F)(F)F. The molecule has 0 aliphatic heterocycles. The number of primary sulfonamides is 1. The number of halogens is 4. The fraction of sp³-hybridized carbons (Fsp3) is 0.538. The maximum absolute atomic E-state index is 12.4. The smallest absolute Gasteiger partial charge is 0.228 e. The van der Waals surface area contributed by atoms with Gasteiger partial charge in [-0.1, -0.05) is 38.0 Å². The summed E-state index contributed by atoms with van der Waals surface area (Å²) in [6, 6.07) is 4.43. The Balaban J connectivity index is 0.000000567. The van der Waals surface area contributed by atoms with Gasteiger partial charge in [0.25, 0.3) is 0 Å². The zero-order valence-corrected chi connectivity index (χ0v) is 13.2. The van der Waals surface area contributed by atoms with E-state index in [9.17, 15) is 21.6 Å². The second-order valence-electron chi connectivity index (χ2n) is 4.36. The molecule has 0 atom stereocenters. The molecule has 0 amide bonds. The molecule has 1 rings (SSSR count). The Morgan fingerprint density at radius 3 is 2.14 bits per heavy atom. The molecule has 3 nitrogen and oxygen atoms in total. The van der Waals surface area contributed by atoms with Crippen LogP contribution in [0.1, 0.15) is 37.3 Å². The highest BCUT2D eigenvalue weighted by atomic mass is 35.5. The van der Waals surface area contributed by atoms with Crippen molar-refractivity contribution in [3.05, 3.63) is 35.4 Å². The minimum absolute atomic E-state index is 0.340. The van der Waals surface area contributed by atoms with Crippen LogP contribution in [-0.2, 0) is 22.0 Å². The van der Waals surface area contributed by atoms with E-state index in [0.717, 1.165) is 18.0 Å². The van der Waals surface area contributed by atoms with Crippen LogP contribution in [-0.4, -0.2) is 14.3 Å². The number of rotatable bonds is 5. The van der Waals surface area contributed by atoms with Crippen molar-refractivity contribution in [3.8, 4) is 0 Å². The Bertz CT molecular complexity index is 514. The molecule has 21 heavy (non-hydrogen) atoms. The molecule has 1 aromatic carbocycles. The zero-order chi connectivity index (χ0) is 16.5. The average Bonchev–Trinajstić information content (AvgIpc) is 2.34. The van der Waals surface area contributed by atoms with Crippen LogP contribution in [0.2, 0.25) is 0 Å². The van der Waals surface area contributed by atoms with Crippen LogP contribution in [0.4, 0.5) is 13.2 Å². The van der Waals surface area contributed by atoms with Crippen molar-refractivity contribution >= 4 is 21.6 Å². The maximum Gasteiger partial charge on any atom is 0.416 e. The molecule has 0 radical (unpaired) electrons. The first-order chi connectivity index (χ1) is 9.61. The predicted octanol–water partition coefficient (Wildman–Crippen LogP) is 3.91. The van der Waals surface area contributed by atoms with Crippen molar-refractivity contribution in [2.45, 2.75) is 38.1 Å². The van der Waals surface area contributed by atoms with E-state index in [0.29, 0.717) is 0 Å². The molecule has 0 unspecified atom stereocenters. The molecule has 0 aromatic heterocycles. The van der Waals surface area contributed by atoms with E-state index >= 15 is 0 Å². The largest absolute Gasteiger partial charge is 0.416 e. The van der Waals surface area contributed by atoms with E-state index < -0.39 is 27.5 Å². The van der Waals surface area contributed by atoms with Crippen LogP contribution in [0.5, 0.6) is 0 Å². The first kappa shape index (κ1) is 20.2. The van der Waals surface area contributed by atoms with Crippen LogP contribution < -0.4 is 5.14 Å². The van der Waals surface area contributed by atoms with E-state index in [1.807, 2.05) is 0 Å². The summed E-state index contributed by atoms with van der Waals surface area (Å²) in [4.78, 5) is 0. The second-order valence-corrected chi connectivity index (χ2v) is 6.35. The predicted molar refractivity (Wildman–Crippen MR) is 78.5 cm³/mol. The minimum Gasteiger partial charge on any atom is -0.228 e. The molecule has 8 heteroatoms. The van der Waals surface area contributed by atoms with Gasteiger partial charge in [-0.25, -0.2) is 13.6 Å². The number of nitrogens with two attached hydrogens (primary N) is 1. The third-order valence-electron chi connectivity index (χ3n) is 2.42. The van der Waals surface area contributed by atoms with Crippen molar-refractivity contribution in [1.29, 1.82) is 0 Å². The van der Waals surface area contributed by atoms with Crippen LogP contribution in [0.3, 0.4) is 0 Å². The van der Waals surface area contributed by atoms with Gasteiger partial charge in [0.1, 0.15) is 0 Å². The van der Waals surface area contributed by atoms with Gasteiger partial charge in [-0.15, -0.1) is 11.6 Å². The Kier molecular flexibility index (Phi) is 8.92. The van der Waals surface area contributed by atoms with Crippen molar-refractivity contribution < 1.29 is 21.6 Å². The number of benzene rings is 1. The monoisotopic (exact) mass is 345 g/mol. The number of unbranched alkanes of at least 4 members (excludes halogenated alkanes) is 2. The number of sulfonamides is 1. The molecular weight excluding hydrogens is 327 g/mol. The van der Waals surface area contributed by atoms with Gasteiger partial charge in [0.2, 0.25) is 10.0 Å². The lowest BCUT2D eigenvalue weighted by Crippen LogP contribution is -2.18. The quantitative estimate of drug-likeness (QED) is 0.649. The highest BCUT2D eigenvalue weighted by Crippen LogP contribution is 2.32. The summed E-state index contributed by atoms with van der Waals surface area (Å²) in [5.41, 5.74) is -1.31. The van der Waals surface area contributed by atoms with Gasteiger partial charge in [0, 0.05) is 5.88 Å². The summed E-state index contributed by atoms with van der Waals surface area (Å²) in [6.45, 7) is 2.17. The zero-order valence-electron chi connectivity index (χ0n) is 11.7. The standard InChI is InChI=1S/C8H8F3NO2S.C5H11Cl/c9-8(10,11)7-4-2-1-3-6(7)5-15(12,13)14;1-2-3-4-5-6/h1-4H,5H2,(H2,12,13,14);2-5H2,1H3. The number of hydrogen-bond acceptors (Lipinski definition) is 2. The highest BCUT2D eigenvalue weighted by molar-refractivity contribution is 7.88. The van der Waals surface area contributed by atoms with Gasteiger partial charge in [0.15, 0.2) is 0 Å². The molecular formula is C13H19ClF3NO2S. The molecule has 0 saturated carbocycles. The number of hydrogen-bond donors (Lipinski definition) is 1. The maximum atomic E-state index is 12.4. The first-order valence-electron chi connectivity index (χ1n) is 6.33. The fourth-order valence-electron chi connectivity index (χ4n) is 1.48. The Morgan fingerprint density at radius 1 is 1.19 bits per heavy atom. The van der Waals surface area contributed by atoms with Crippen LogP contribution >= 0.6 is 11.6 Å². The fourth-order valence-corrected chi connectivity index (χ4v) is 2.36. The first-order valence-corrected chi connectivity index (χ1v) is 8.58. The van der Waals surface area contributed by atoms with E-state index in [-0.39, 0.29) is 5.56 Å². The third kappa shape index (κ3) is 9.71.